The number of ether oxygens (including phenoxy) is 1. The first kappa shape index (κ1) is 12.4. The van der Waals surface area contributed by atoms with Crippen molar-refractivity contribution in [1.82, 2.24) is 4.98 Å². The van der Waals surface area contributed by atoms with Gasteiger partial charge < -0.3 is 9.72 Å². The van der Waals surface area contributed by atoms with E-state index < -0.39 is 0 Å². The molecule has 0 unspecified atom stereocenters. The van der Waals surface area contributed by atoms with Crippen LogP contribution in [0.4, 0.5) is 0 Å². The Hall–Kier alpha value is -2.03. The van der Waals surface area contributed by atoms with E-state index in [2.05, 4.69) is 4.98 Å². The molecule has 2 aromatic rings. The summed E-state index contributed by atoms with van der Waals surface area (Å²) in [7, 11) is 0. The van der Waals surface area contributed by atoms with Gasteiger partial charge in [0.05, 0.1) is 6.10 Å². The molecule has 1 aromatic heterocycles. The summed E-state index contributed by atoms with van der Waals surface area (Å²) >= 11 is 0. The molecule has 0 radical (unpaired) electrons. The number of hydrogen-bond acceptors (Lipinski definition) is 2. The van der Waals surface area contributed by atoms with Crippen molar-refractivity contribution in [2.75, 3.05) is 0 Å². The molecule has 0 fully saturated rings. The minimum absolute atomic E-state index is 0.0478. The van der Waals surface area contributed by atoms with Gasteiger partial charge in [-0.25, -0.2) is 0 Å². The Morgan fingerprint density at radius 2 is 1.94 bits per heavy atom. The van der Waals surface area contributed by atoms with Crippen LogP contribution in [0.2, 0.25) is 0 Å². The van der Waals surface area contributed by atoms with Crippen LogP contribution >= 0.6 is 0 Å². The van der Waals surface area contributed by atoms with Crippen molar-refractivity contribution in [2.24, 2.45) is 0 Å². The molecule has 1 aromatic carbocycles. The van der Waals surface area contributed by atoms with Crippen LogP contribution in [0.25, 0.3) is 11.1 Å². The lowest BCUT2D eigenvalue weighted by atomic mass is 10.1. The van der Waals surface area contributed by atoms with E-state index in [9.17, 15) is 4.79 Å². The quantitative estimate of drug-likeness (QED) is 0.899. The monoisotopic (exact) mass is 243 g/mol. The zero-order valence-corrected chi connectivity index (χ0v) is 10.9. The first-order valence-electron chi connectivity index (χ1n) is 6.02. The number of aromatic nitrogens is 1. The lowest BCUT2D eigenvalue weighted by Crippen LogP contribution is -2.08. The van der Waals surface area contributed by atoms with E-state index >= 15 is 0 Å². The van der Waals surface area contributed by atoms with Gasteiger partial charge >= 0.3 is 0 Å². The lowest BCUT2D eigenvalue weighted by Gasteiger charge is -2.11. The molecule has 1 heterocycles. The predicted molar refractivity (Wildman–Crippen MR) is 73.0 cm³/mol. The van der Waals surface area contributed by atoms with Crippen molar-refractivity contribution in [3.05, 3.63) is 52.4 Å². The second-order valence-electron chi connectivity index (χ2n) is 4.59. The van der Waals surface area contributed by atoms with E-state index in [4.69, 9.17) is 4.74 Å². The third-order valence-corrected chi connectivity index (χ3v) is 2.63. The summed E-state index contributed by atoms with van der Waals surface area (Å²) in [4.78, 5) is 14.1. The molecule has 0 atom stereocenters. The van der Waals surface area contributed by atoms with Crippen LogP contribution in [0, 0.1) is 6.92 Å². The molecule has 0 saturated carbocycles. The van der Waals surface area contributed by atoms with E-state index in [-0.39, 0.29) is 11.7 Å². The molecule has 0 amide bonds. The highest BCUT2D eigenvalue weighted by molar-refractivity contribution is 5.64. The highest BCUT2D eigenvalue weighted by Gasteiger charge is 2.03. The molecular formula is C15H17NO2. The number of pyridine rings is 1. The summed E-state index contributed by atoms with van der Waals surface area (Å²) in [5.41, 5.74) is 2.69. The summed E-state index contributed by atoms with van der Waals surface area (Å²) in [5.74, 6) is 0.839. The molecule has 3 nitrogen and oxygen atoms in total. The van der Waals surface area contributed by atoms with Gasteiger partial charge in [-0.3, -0.25) is 4.79 Å². The molecule has 0 saturated heterocycles. The van der Waals surface area contributed by atoms with E-state index in [1.165, 1.54) is 0 Å². The molecular weight excluding hydrogens is 226 g/mol. The van der Waals surface area contributed by atoms with Gasteiger partial charge in [-0.2, -0.15) is 0 Å². The van der Waals surface area contributed by atoms with E-state index in [1.54, 1.807) is 13.1 Å². The SMILES string of the molecule is Cc1cc(-c2cccc(OC(C)C)c2)c[nH]c1=O. The molecule has 0 aliphatic carbocycles. The number of benzene rings is 1. The zero-order valence-electron chi connectivity index (χ0n) is 10.9. The third kappa shape index (κ3) is 2.80. The second-order valence-corrected chi connectivity index (χ2v) is 4.59. The Morgan fingerprint density at radius 1 is 1.17 bits per heavy atom. The molecule has 0 aliphatic heterocycles. The number of rotatable bonds is 3. The molecule has 94 valence electrons. The van der Waals surface area contributed by atoms with Crippen molar-refractivity contribution in [3.63, 3.8) is 0 Å². The van der Waals surface area contributed by atoms with Crippen molar-refractivity contribution >= 4 is 0 Å². The fourth-order valence-electron chi connectivity index (χ4n) is 1.79. The zero-order chi connectivity index (χ0) is 13.1. The van der Waals surface area contributed by atoms with Gasteiger partial charge in [0.1, 0.15) is 5.75 Å². The minimum Gasteiger partial charge on any atom is -0.491 e. The molecule has 1 N–H and O–H groups in total. The van der Waals surface area contributed by atoms with Crippen LogP contribution in [0.5, 0.6) is 5.75 Å². The van der Waals surface area contributed by atoms with Gasteiger partial charge in [0.15, 0.2) is 0 Å². The van der Waals surface area contributed by atoms with Crippen LogP contribution in [-0.4, -0.2) is 11.1 Å². The van der Waals surface area contributed by atoms with E-state index in [0.717, 1.165) is 16.9 Å². The highest BCUT2D eigenvalue weighted by atomic mass is 16.5. The number of H-pyrrole nitrogens is 1. The first-order valence-corrected chi connectivity index (χ1v) is 6.02. The fourth-order valence-corrected chi connectivity index (χ4v) is 1.79. The number of nitrogens with one attached hydrogen (secondary N) is 1. The molecule has 2 rings (SSSR count). The van der Waals surface area contributed by atoms with Crippen molar-refractivity contribution in [3.8, 4) is 16.9 Å². The van der Waals surface area contributed by atoms with Gasteiger partial charge in [-0.15, -0.1) is 0 Å². The average molecular weight is 243 g/mol. The Labute approximate surface area is 106 Å². The van der Waals surface area contributed by atoms with Crippen LogP contribution in [0.15, 0.2) is 41.3 Å². The maximum atomic E-state index is 11.3. The number of aryl methyl sites for hydroxylation is 1. The Balaban J connectivity index is 2.38. The molecule has 0 bridgehead atoms. The van der Waals surface area contributed by atoms with Crippen LogP contribution in [-0.2, 0) is 0 Å². The standard InChI is InChI=1S/C15H17NO2/c1-10(2)18-14-6-4-5-12(8-14)13-7-11(3)15(17)16-9-13/h4-10H,1-3H3,(H,16,17). The van der Waals surface area contributed by atoms with E-state index in [1.807, 2.05) is 44.2 Å². The van der Waals surface area contributed by atoms with Crippen LogP contribution < -0.4 is 10.3 Å². The predicted octanol–water partition coefficient (Wildman–Crippen LogP) is 3.14. The van der Waals surface area contributed by atoms with Gasteiger partial charge in [0.2, 0.25) is 0 Å². The lowest BCUT2D eigenvalue weighted by molar-refractivity contribution is 0.242. The Morgan fingerprint density at radius 3 is 2.61 bits per heavy atom. The van der Waals surface area contributed by atoms with Crippen LogP contribution in [0.1, 0.15) is 19.4 Å². The topological polar surface area (TPSA) is 42.1 Å². The summed E-state index contributed by atoms with van der Waals surface area (Å²) in [6.45, 7) is 5.80. The normalized spacial score (nSPS) is 10.7. The largest absolute Gasteiger partial charge is 0.491 e. The minimum atomic E-state index is -0.0478. The second kappa shape index (κ2) is 5.08. The highest BCUT2D eigenvalue weighted by Crippen LogP contribution is 2.23. The molecule has 3 heteroatoms. The summed E-state index contributed by atoms with van der Waals surface area (Å²) in [5, 5.41) is 0. The van der Waals surface area contributed by atoms with Crippen molar-refractivity contribution in [1.29, 1.82) is 0 Å². The number of aromatic amines is 1. The van der Waals surface area contributed by atoms with Crippen molar-refractivity contribution < 1.29 is 4.74 Å². The Bertz CT molecular complexity index is 599. The van der Waals surface area contributed by atoms with Crippen LogP contribution in [0.3, 0.4) is 0 Å². The van der Waals surface area contributed by atoms with Gasteiger partial charge in [-0.05, 0) is 50.1 Å². The van der Waals surface area contributed by atoms with Gasteiger partial charge in [0.25, 0.3) is 5.56 Å². The molecule has 0 aliphatic rings. The maximum Gasteiger partial charge on any atom is 0.250 e. The average Bonchev–Trinajstić information content (AvgIpc) is 2.32. The van der Waals surface area contributed by atoms with Gasteiger partial charge in [-0.1, -0.05) is 12.1 Å². The Kier molecular flexibility index (Phi) is 3.51. The summed E-state index contributed by atoms with van der Waals surface area (Å²) in [6, 6.07) is 9.75. The molecule has 18 heavy (non-hydrogen) atoms. The summed E-state index contributed by atoms with van der Waals surface area (Å²) < 4.78 is 5.66. The fraction of sp³-hybridized carbons (Fsp3) is 0.267. The first-order chi connectivity index (χ1) is 8.56. The smallest absolute Gasteiger partial charge is 0.250 e. The summed E-state index contributed by atoms with van der Waals surface area (Å²) in [6.07, 6.45) is 1.88. The number of hydrogen-bond donors (Lipinski definition) is 1. The van der Waals surface area contributed by atoms with Gasteiger partial charge in [0, 0.05) is 11.8 Å². The molecule has 0 spiro atoms. The van der Waals surface area contributed by atoms with E-state index in [0.29, 0.717) is 5.56 Å². The van der Waals surface area contributed by atoms with Crippen molar-refractivity contribution in [2.45, 2.75) is 26.9 Å². The third-order valence-electron chi connectivity index (χ3n) is 2.63. The maximum absolute atomic E-state index is 11.3.